The molecule has 3 aliphatic rings. The van der Waals surface area contributed by atoms with E-state index in [9.17, 15) is 24.3 Å². The molecule has 3 rings (SSSR count). The quantitative estimate of drug-likeness (QED) is 0.307. The molecule has 0 heterocycles. The van der Waals surface area contributed by atoms with Gasteiger partial charge in [-0.3, -0.25) is 19.2 Å². The Morgan fingerprint density at radius 3 is 2.03 bits per heavy atom. The van der Waals surface area contributed by atoms with Crippen LogP contribution in [0.15, 0.2) is 23.3 Å². The average molecular weight is 549 g/mol. The molecule has 0 aliphatic heterocycles. The minimum atomic E-state index is -1.28. The number of aliphatic hydroxyl groups excluding tert-OH is 1. The first-order chi connectivity index (χ1) is 17.9. The summed E-state index contributed by atoms with van der Waals surface area (Å²) in [6.45, 7) is 19.3. The molecule has 2 saturated carbocycles. The standard InChI is InChI=1S/C30H44O9/c1-14(2)28(35)39-25-20-12-11-15(3)23(29(20,8)9)26(37-18(6)32)27(38-19(7)33)30(10)22(36-17(5)31)13-21(34)16(4)24(25)30/h14,20-22,24-27,34H,4,11-13H2,1-3,5-10H3/t20-,21-,22-,24-,25+,26+,27-,30+/m0/s1. The molecule has 9 nitrogen and oxygen atoms in total. The van der Waals surface area contributed by atoms with Crippen molar-refractivity contribution >= 4 is 23.9 Å². The van der Waals surface area contributed by atoms with Gasteiger partial charge in [0.05, 0.1) is 17.4 Å². The van der Waals surface area contributed by atoms with Gasteiger partial charge in [-0.25, -0.2) is 0 Å². The van der Waals surface area contributed by atoms with Crippen LogP contribution in [-0.4, -0.2) is 59.5 Å². The van der Waals surface area contributed by atoms with Gasteiger partial charge in [-0.05, 0) is 36.3 Å². The smallest absolute Gasteiger partial charge is 0.308 e. The molecule has 0 aromatic carbocycles. The number of hydrogen-bond acceptors (Lipinski definition) is 9. The lowest BCUT2D eigenvalue weighted by Gasteiger charge is -2.61. The number of hydrogen-bond donors (Lipinski definition) is 1. The molecule has 2 fully saturated rings. The third-order valence-electron chi connectivity index (χ3n) is 9.06. The first-order valence-electron chi connectivity index (χ1n) is 13.7. The van der Waals surface area contributed by atoms with Gasteiger partial charge in [-0.2, -0.15) is 0 Å². The maximum atomic E-state index is 13.2. The van der Waals surface area contributed by atoms with E-state index in [1.54, 1.807) is 20.8 Å². The number of rotatable bonds is 5. The predicted octanol–water partition coefficient (Wildman–Crippen LogP) is 4.06. The van der Waals surface area contributed by atoms with Crippen LogP contribution in [0.25, 0.3) is 0 Å². The summed E-state index contributed by atoms with van der Waals surface area (Å²) in [6, 6.07) is 0. The third kappa shape index (κ3) is 5.52. The van der Waals surface area contributed by atoms with E-state index >= 15 is 0 Å². The highest BCUT2D eigenvalue weighted by atomic mass is 16.6. The van der Waals surface area contributed by atoms with Crippen molar-refractivity contribution in [3.8, 4) is 0 Å². The largest absolute Gasteiger partial charge is 0.462 e. The van der Waals surface area contributed by atoms with E-state index in [1.807, 2.05) is 20.8 Å². The second kappa shape index (κ2) is 11.1. The second-order valence-electron chi connectivity index (χ2n) is 12.4. The molecule has 0 aromatic rings. The molecule has 0 radical (unpaired) electrons. The Morgan fingerprint density at radius 2 is 1.51 bits per heavy atom. The Labute approximate surface area is 231 Å². The van der Waals surface area contributed by atoms with Crippen LogP contribution in [0.2, 0.25) is 0 Å². The Balaban J connectivity index is 2.45. The van der Waals surface area contributed by atoms with Gasteiger partial charge in [0.2, 0.25) is 0 Å². The Morgan fingerprint density at radius 1 is 0.949 bits per heavy atom. The molecule has 218 valence electrons. The first kappa shape index (κ1) is 30.9. The summed E-state index contributed by atoms with van der Waals surface area (Å²) in [5.41, 5.74) is 0.238. The fourth-order valence-corrected chi connectivity index (χ4v) is 7.31. The molecule has 3 aliphatic carbocycles. The minimum absolute atomic E-state index is 0.00704. The number of carbonyl (C=O) groups is 4. The van der Waals surface area contributed by atoms with Gasteiger partial charge in [0.15, 0.2) is 12.2 Å². The summed E-state index contributed by atoms with van der Waals surface area (Å²) >= 11 is 0. The Bertz CT molecular complexity index is 1070. The summed E-state index contributed by atoms with van der Waals surface area (Å²) < 4.78 is 24.2. The highest BCUT2D eigenvalue weighted by Gasteiger charge is 2.67. The number of carbonyl (C=O) groups excluding carboxylic acids is 4. The lowest BCUT2D eigenvalue weighted by Crippen LogP contribution is -2.67. The van der Waals surface area contributed by atoms with Crippen LogP contribution in [0.4, 0.5) is 0 Å². The van der Waals surface area contributed by atoms with Crippen LogP contribution < -0.4 is 0 Å². The van der Waals surface area contributed by atoms with Gasteiger partial charge in [-0.15, -0.1) is 0 Å². The molecule has 0 unspecified atom stereocenters. The molecule has 1 N–H and O–H groups in total. The van der Waals surface area contributed by atoms with Crippen molar-refractivity contribution in [3.05, 3.63) is 23.3 Å². The zero-order valence-corrected chi connectivity index (χ0v) is 24.7. The normalized spacial score (nSPS) is 35.8. The molecular weight excluding hydrogens is 504 g/mol. The van der Waals surface area contributed by atoms with Crippen molar-refractivity contribution in [1.82, 2.24) is 0 Å². The fourth-order valence-electron chi connectivity index (χ4n) is 7.31. The van der Waals surface area contributed by atoms with Crippen molar-refractivity contribution < 1.29 is 43.2 Å². The molecule has 8 atom stereocenters. The third-order valence-corrected chi connectivity index (χ3v) is 9.06. The summed E-state index contributed by atoms with van der Waals surface area (Å²) in [6.07, 6.45) is -3.66. The Kier molecular flexibility index (Phi) is 8.75. The van der Waals surface area contributed by atoms with Gasteiger partial charge in [0.25, 0.3) is 0 Å². The molecule has 9 heteroatoms. The van der Waals surface area contributed by atoms with E-state index in [1.165, 1.54) is 20.8 Å². The molecule has 0 amide bonds. The van der Waals surface area contributed by atoms with Crippen molar-refractivity contribution in [2.75, 3.05) is 0 Å². The van der Waals surface area contributed by atoms with E-state index < -0.39 is 77.1 Å². The van der Waals surface area contributed by atoms with Crippen LogP contribution in [0.3, 0.4) is 0 Å². The zero-order valence-electron chi connectivity index (χ0n) is 24.7. The molecule has 0 saturated heterocycles. The summed E-state index contributed by atoms with van der Waals surface area (Å²) in [5, 5.41) is 11.2. The maximum Gasteiger partial charge on any atom is 0.308 e. The summed E-state index contributed by atoms with van der Waals surface area (Å²) in [4.78, 5) is 50.7. The van der Waals surface area contributed by atoms with Crippen LogP contribution in [0, 0.1) is 28.6 Å². The van der Waals surface area contributed by atoms with Gasteiger partial charge in [-0.1, -0.05) is 46.8 Å². The fraction of sp³-hybridized carbons (Fsp3) is 0.733. The van der Waals surface area contributed by atoms with Crippen molar-refractivity contribution in [3.63, 3.8) is 0 Å². The number of allylic oxidation sites excluding steroid dienone is 1. The van der Waals surface area contributed by atoms with Crippen molar-refractivity contribution in [1.29, 1.82) is 0 Å². The lowest BCUT2D eigenvalue weighted by atomic mass is 9.48. The number of aliphatic hydroxyl groups is 1. The zero-order chi connectivity index (χ0) is 29.6. The molecule has 0 spiro atoms. The van der Waals surface area contributed by atoms with E-state index in [-0.39, 0.29) is 12.3 Å². The Hall–Kier alpha value is -2.68. The summed E-state index contributed by atoms with van der Waals surface area (Å²) in [5.74, 6) is -3.65. The average Bonchev–Trinajstić information content (AvgIpc) is 2.78. The monoisotopic (exact) mass is 548 g/mol. The first-order valence-corrected chi connectivity index (χ1v) is 13.7. The van der Waals surface area contributed by atoms with E-state index in [4.69, 9.17) is 18.9 Å². The van der Waals surface area contributed by atoms with Gasteiger partial charge < -0.3 is 24.1 Å². The van der Waals surface area contributed by atoms with Crippen molar-refractivity contribution in [2.45, 2.75) is 112 Å². The van der Waals surface area contributed by atoms with Gasteiger partial charge >= 0.3 is 23.9 Å². The SMILES string of the molecule is C=C1[C@@H](O)C[C@H](OC(C)=O)[C@@]2(C)[C@@H](OC(C)=O)[C@H](OC(C)=O)C3=C(C)CC[C@@H]([C@@H](OC(=O)C(C)C)[C@H]12)C3(C)C. The van der Waals surface area contributed by atoms with E-state index in [0.29, 0.717) is 18.4 Å². The predicted molar refractivity (Wildman–Crippen MR) is 142 cm³/mol. The number of ether oxygens (including phenoxy) is 4. The van der Waals surface area contributed by atoms with Crippen molar-refractivity contribution in [2.24, 2.45) is 28.6 Å². The highest BCUT2D eigenvalue weighted by molar-refractivity contribution is 5.72. The van der Waals surface area contributed by atoms with Crippen LogP contribution in [-0.2, 0) is 38.1 Å². The lowest BCUT2D eigenvalue weighted by molar-refractivity contribution is -0.228. The number of fused-ring (bicyclic) bond motifs is 3. The van der Waals surface area contributed by atoms with Crippen LogP contribution in [0.5, 0.6) is 0 Å². The topological polar surface area (TPSA) is 125 Å². The minimum Gasteiger partial charge on any atom is -0.462 e. The molecular formula is C30H44O9. The molecule has 0 aromatic heterocycles. The van der Waals surface area contributed by atoms with E-state index in [0.717, 1.165) is 11.1 Å². The van der Waals surface area contributed by atoms with Crippen LogP contribution >= 0.6 is 0 Å². The molecule has 2 bridgehead atoms. The van der Waals surface area contributed by atoms with Crippen LogP contribution in [0.1, 0.15) is 81.6 Å². The maximum absolute atomic E-state index is 13.2. The number of esters is 4. The summed E-state index contributed by atoms with van der Waals surface area (Å²) in [7, 11) is 0. The highest BCUT2D eigenvalue weighted by Crippen LogP contribution is 2.61. The van der Waals surface area contributed by atoms with E-state index in [2.05, 4.69) is 6.58 Å². The van der Waals surface area contributed by atoms with Gasteiger partial charge in [0.1, 0.15) is 12.2 Å². The second-order valence-corrected chi connectivity index (χ2v) is 12.4. The van der Waals surface area contributed by atoms with Gasteiger partial charge in [0, 0.05) is 39.0 Å². The molecule has 39 heavy (non-hydrogen) atoms.